The molecule has 0 nitrogen and oxygen atoms in total. The van der Waals surface area contributed by atoms with E-state index in [1.54, 1.807) is 0 Å². The SMILES string of the molecule is C=C1C2=CC(C)=C(C)CC2C(C=CCC)/C=C\c2ccccc21. The van der Waals surface area contributed by atoms with Crippen molar-refractivity contribution < 1.29 is 0 Å². The summed E-state index contributed by atoms with van der Waals surface area (Å²) in [6.45, 7) is 11.2. The second-order valence-corrected chi connectivity index (χ2v) is 6.71. The third-order valence-corrected chi connectivity index (χ3v) is 5.16. The van der Waals surface area contributed by atoms with Gasteiger partial charge in [0.25, 0.3) is 0 Å². The lowest BCUT2D eigenvalue weighted by Gasteiger charge is -2.33. The molecule has 0 amide bonds. The van der Waals surface area contributed by atoms with Gasteiger partial charge in [-0.3, -0.25) is 0 Å². The van der Waals surface area contributed by atoms with E-state index < -0.39 is 0 Å². The van der Waals surface area contributed by atoms with Crippen LogP contribution in [0.4, 0.5) is 0 Å². The van der Waals surface area contributed by atoms with E-state index in [2.05, 4.69) is 82.0 Å². The van der Waals surface area contributed by atoms with Crippen molar-refractivity contribution in [3.05, 3.63) is 83.0 Å². The van der Waals surface area contributed by atoms with Crippen LogP contribution in [0.2, 0.25) is 0 Å². The Kier molecular flexibility index (Phi) is 4.52. The van der Waals surface area contributed by atoms with E-state index in [-0.39, 0.29) is 0 Å². The van der Waals surface area contributed by atoms with Gasteiger partial charge >= 0.3 is 0 Å². The third kappa shape index (κ3) is 3.03. The molecule has 118 valence electrons. The predicted molar refractivity (Wildman–Crippen MR) is 102 cm³/mol. The summed E-state index contributed by atoms with van der Waals surface area (Å²) in [5, 5.41) is 0. The third-order valence-electron chi connectivity index (χ3n) is 5.16. The highest BCUT2D eigenvalue weighted by Crippen LogP contribution is 2.43. The number of allylic oxidation sites excluding steroid dienone is 8. The normalized spacial score (nSPS) is 25.5. The number of hydrogen-bond acceptors (Lipinski definition) is 0. The molecule has 1 aromatic rings. The van der Waals surface area contributed by atoms with E-state index in [1.165, 1.54) is 33.4 Å². The maximum Gasteiger partial charge on any atom is 0.00219 e. The Labute approximate surface area is 140 Å². The Balaban J connectivity index is 2.16. The van der Waals surface area contributed by atoms with E-state index in [0.717, 1.165) is 12.8 Å². The molecule has 23 heavy (non-hydrogen) atoms. The lowest BCUT2D eigenvalue weighted by atomic mass is 9.71. The van der Waals surface area contributed by atoms with Gasteiger partial charge in [-0.05, 0) is 54.9 Å². The van der Waals surface area contributed by atoms with E-state index in [1.807, 2.05) is 0 Å². The Hall–Kier alpha value is -2.08. The van der Waals surface area contributed by atoms with Crippen LogP contribution in [-0.2, 0) is 0 Å². The zero-order valence-corrected chi connectivity index (χ0v) is 14.5. The molecule has 2 aliphatic rings. The monoisotopic (exact) mass is 302 g/mol. The van der Waals surface area contributed by atoms with Crippen molar-refractivity contribution in [3.63, 3.8) is 0 Å². The lowest BCUT2D eigenvalue weighted by molar-refractivity contribution is 0.524. The molecule has 2 unspecified atom stereocenters. The van der Waals surface area contributed by atoms with Crippen LogP contribution in [-0.4, -0.2) is 0 Å². The first-order valence-corrected chi connectivity index (χ1v) is 8.63. The number of fused-ring (bicyclic) bond motifs is 2. The summed E-state index contributed by atoms with van der Waals surface area (Å²) in [7, 11) is 0. The van der Waals surface area contributed by atoms with Gasteiger partial charge in [0.2, 0.25) is 0 Å². The molecule has 0 aliphatic heterocycles. The molecule has 1 aromatic carbocycles. The standard InChI is InChI=1S/C23H26/c1-5-6-9-20-13-12-19-10-7-8-11-21(19)18(4)22-14-16(2)17(3)15-23(20)22/h6-14,20,23H,4-5,15H2,1-3H3/b9-6?,13-12-. The van der Waals surface area contributed by atoms with Gasteiger partial charge in [-0.2, -0.15) is 0 Å². The second kappa shape index (κ2) is 6.58. The minimum atomic E-state index is 0.439. The molecule has 0 bridgehead atoms. The van der Waals surface area contributed by atoms with Crippen LogP contribution in [0.3, 0.4) is 0 Å². The van der Waals surface area contributed by atoms with E-state index in [4.69, 9.17) is 0 Å². The van der Waals surface area contributed by atoms with Gasteiger partial charge in [-0.25, -0.2) is 0 Å². The molecule has 0 radical (unpaired) electrons. The smallest absolute Gasteiger partial charge is 0.00219 e. The molecule has 0 aromatic heterocycles. The lowest BCUT2D eigenvalue weighted by Crippen LogP contribution is -2.20. The van der Waals surface area contributed by atoms with Crippen LogP contribution < -0.4 is 0 Å². The van der Waals surface area contributed by atoms with Crippen LogP contribution in [0.5, 0.6) is 0 Å². The van der Waals surface area contributed by atoms with Gasteiger partial charge in [-0.15, -0.1) is 0 Å². The summed E-state index contributed by atoms with van der Waals surface area (Å²) in [5.74, 6) is 0.938. The van der Waals surface area contributed by atoms with Crippen molar-refractivity contribution in [2.75, 3.05) is 0 Å². The van der Waals surface area contributed by atoms with Crippen LogP contribution in [0.25, 0.3) is 11.6 Å². The van der Waals surface area contributed by atoms with Crippen LogP contribution in [0, 0.1) is 11.8 Å². The van der Waals surface area contributed by atoms with Crippen molar-refractivity contribution in [3.8, 4) is 0 Å². The molecule has 0 heteroatoms. The summed E-state index contributed by atoms with van der Waals surface area (Å²) in [6.07, 6.45) is 13.9. The molecule has 0 saturated carbocycles. The predicted octanol–water partition coefficient (Wildman–Crippen LogP) is 6.59. The number of benzene rings is 1. The maximum absolute atomic E-state index is 4.47. The first-order valence-electron chi connectivity index (χ1n) is 8.63. The fraction of sp³-hybridized carbons (Fsp3) is 0.304. The molecule has 2 atom stereocenters. The average molecular weight is 302 g/mol. The summed E-state index contributed by atoms with van der Waals surface area (Å²) in [4.78, 5) is 0. The fourth-order valence-corrected chi connectivity index (χ4v) is 3.63. The minimum absolute atomic E-state index is 0.439. The maximum atomic E-state index is 4.47. The van der Waals surface area contributed by atoms with Gasteiger partial charge in [0.05, 0.1) is 0 Å². The summed E-state index contributed by atoms with van der Waals surface area (Å²) < 4.78 is 0. The quantitative estimate of drug-likeness (QED) is 0.540. The van der Waals surface area contributed by atoms with E-state index in [9.17, 15) is 0 Å². The van der Waals surface area contributed by atoms with Crippen LogP contribution in [0.15, 0.2) is 71.9 Å². The number of hydrogen-bond donors (Lipinski definition) is 0. The summed E-state index contributed by atoms with van der Waals surface area (Å²) in [5.41, 5.74) is 8.05. The van der Waals surface area contributed by atoms with Crippen molar-refractivity contribution >= 4 is 11.6 Å². The van der Waals surface area contributed by atoms with Gasteiger partial charge in [0.15, 0.2) is 0 Å². The van der Waals surface area contributed by atoms with Crippen LogP contribution in [0.1, 0.15) is 44.7 Å². The Bertz CT molecular complexity index is 737. The second-order valence-electron chi connectivity index (χ2n) is 6.71. The topological polar surface area (TPSA) is 0 Å². The Morgan fingerprint density at radius 2 is 2.00 bits per heavy atom. The van der Waals surface area contributed by atoms with Gasteiger partial charge in [-0.1, -0.05) is 79.3 Å². The molecular formula is C23H26. The Morgan fingerprint density at radius 1 is 1.22 bits per heavy atom. The summed E-state index contributed by atoms with van der Waals surface area (Å²) in [6, 6.07) is 8.61. The highest BCUT2D eigenvalue weighted by molar-refractivity contribution is 5.85. The molecule has 0 spiro atoms. The molecule has 2 aliphatic carbocycles. The van der Waals surface area contributed by atoms with Crippen molar-refractivity contribution in [1.82, 2.24) is 0 Å². The molecule has 3 rings (SSSR count). The van der Waals surface area contributed by atoms with Crippen LogP contribution >= 0.6 is 0 Å². The molecule has 0 fully saturated rings. The zero-order valence-electron chi connectivity index (χ0n) is 14.5. The highest BCUT2D eigenvalue weighted by atomic mass is 14.3. The number of rotatable bonds is 2. The molecule has 0 N–H and O–H groups in total. The first-order chi connectivity index (χ1) is 11.1. The minimum Gasteiger partial charge on any atom is -0.0908 e. The molecular weight excluding hydrogens is 276 g/mol. The van der Waals surface area contributed by atoms with Gasteiger partial charge < -0.3 is 0 Å². The average Bonchev–Trinajstić information content (AvgIpc) is 2.56. The summed E-state index contributed by atoms with van der Waals surface area (Å²) >= 11 is 0. The van der Waals surface area contributed by atoms with Crippen molar-refractivity contribution in [1.29, 1.82) is 0 Å². The van der Waals surface area contributed by atoms with E-state index in [0.29, 0.717) is 11.8 Å². The fourth-order valence-electron chi connectivity index (χ4n) is 3.63. The van der Waals surface area contributed by atoms with Crippen molar-refractivity contribution in [2.45, 2.75) is 33.6 Å². The van der Waals surface area contributed by atoms with Gasteiger partial charge in [0.1, 0.15) is 0 Å². The first kappa shape index (κ1) is 15.8. The molecule has 0 saturated heterocycles. The largest absolute Gasteiger partial charge is 0.0908 e. The molecule has 0 heterocycles. The van der Waals surface area contributed by atoms with Gasteiger partial charge in [0, 0.05) is 5.92 Å². The zero-order chi connectivity index (χ0) is 16.4. The highest BCUT2D eigenvalue weighted by Gasteiger charge is 2.29. The van der Waals surface area contributed by atoms with E-state index >= 15 is 0 Å². The Morgan fingerprint density at radius 3 is 2.78 bits per heavy atom. The van der Waals surface area contributed by atoms with Crippen molar-refractivity contribution in [2.24, 2.45) is 11.8 Å².